The number of amides is 1. The monoisotopic (exact) mass is 457 g/mol. The van der Waals surface area contributed by atoms with E-state index in [2.05, 4.69) is 38.2 Å². The fourth-order valence-corrected chi connectivity index (χ4v) is 3.40. The lowest BCUT2D eigenvalue weighted by molar-refractivity contribution is -0.123. The molecule has 8 N–H and O–H groups in total. The second-order valence-electron chi connectivity index (χ2n) is 7.14. The van der Waals surface area contributed by atoms with Crippen LogP contribution in [0.2, 0.25) is 0 Å². The van der Waals surface area contributed by atoms with Crippen molar-refractivity contribution in [3.8, 4) is 0 Å². The SMILES string of the molecule is NC(CO)C(=O)NCCCCNc1nc(S)c2ncn([C@@H]3O[C@H](CO)C(O)[C@@H]3O)c2n1. The number of nitrogens with zero attached hydrogens (tertiary/aromatic N) is 4. The van der Waals surface area contributed by atoms with Crippen molar-refractivity contribution in [1.29, 1.82) is 0 Å². The van der Waals surface area contributed by atoms with Gasteiger partial charge in [-0.05, 0) is 12.8 Å². The minimum Gasteiger partial charge on any atom is -0.394 e. The topological polar surface area (TPSA) is 201 Å². The third kappa shape index (κ3) is 5.23. The molecule has 0 bridgehead atoms. The molecule has 1 amide bonds. The summed E-state index contributed by atoms with van der Waals surface area (Å²) in [6.07, 6.45) is -1.61. The molecule has 0 saturated carbocycles. The average Bonchev–Trinajstić information content (AvgIpc) is 3.31. The van der Waals surface area contributed by atoms with E-state index in [1.807, 2.05) is 0 Å². The van der Waals surface area contributed by atoms with Crippen LogP contribution >= 0.6 is 12.6 Å². The Hall–Kier alpha value is -2.07. The van der Waals surface area contributed by atoms with Crippen molar-refractivity contribution in [3.63, 3.8) is 0 Å². The van der Waals surface area contributed by atoms with Crippen LogP contribution in [0.5, 0.6) is 0 Å². The number of aliphatic hydroxyl groups excluding tert-OH is 4. The number of nitrogens with one attached hydrogen (secondary N) is 2. The van der Waals surface area contributed by atoms with Gasteiger partial charge in [-0.25, -0.2) is 9.97 Å². The Morgan fingerprint density at radius 1 is 1.26 bits per heavy atom. The van der Waals surface area contributed by atoms with Gasteiger partial charge in [-0.3, -0.25) is 9.36 Å². The fraction of sp³-hybridized carbons (Fsp3) is 0.647. The lowest BCUT2D eigenvalue weighted by Crippen LogP contribution is -2.43. The van der Waals surface area contributed by atoms with Crippen LogP contribution in [0.25, 0.3) is 11.2 Å². The second kappa shape index (κ2) is 10.5. The lowest BCUT2D eigenvalue weighted by Gasteiger charge is -2.16. The van der Waals surface area contributed by atoms with E-state index in [4.69, 9.17) is 15.6 Å². The van der Waals surface area contributed by atoms with E-state index in [9.17, 15) is 20.1 Å². The number of carbonyl (C=O) groups is 1. The van der Waals surface area contributed by atoms with E-state index in [-0.39, 0.29) is 5.95 Å². The molecule has 14 heteroatoms. The molecule has 0 aromatic carbocycles. The third-order valence-electron chi connectivity index (χ3n) is 4.91. The molecule has 5 atom stereocenters. The highest BCUT2D eigenvalue weighted by molar-refractivity contribution is 7.80. The molecule has 13 nitrogen and oxygen atoms in total. The van der Waals surface area contributed by atoms with E-state index in [1.165, 1.54) is 10.9 Å². The van der Waals surface area contributed by atoms with Crippen LogP contribution in [-0.4, -0.2) is 96.5 Å². The van der Waals surface area contributed by atoms with Gasteiger partial charge in [0.05, 0.1) is 19.5 Å². The van der Waals surface area contributed by atoms with Crippen molar-refractivity contribution in [2.24, 2.45) is 5.73 Å². The van der Waals surface area contributed by atoms with Crippen LogP contribution < -0.4 is 16.4 Å². The van der Waals surface area contributed by atoms with E-state index >= 15 is 0 Å². The molecule has 1 aliphatic rings. The summed E-state index contributed by atoms with van der Waals surface area (Å²) in [5.41, 5.74) is 6.16. The third-order valence-corrected chi connectivity index (χ3v) is 5.23. The molecule has 0 radical (unpaired) electrons. The number of thiol groups is 1. The number of rotatable bonds is 10. The summed E-state index contributed by atoms with van der Waals surface area (Å²) >= 11 is 4.34. The predicted molar refractivity (Wildman–Crippen MR) is 111 cm³/mol. The van der Waals surface area contributed by atoms with Crippen molar-refractivity contribution in [2.45, 2.75) is 48.4 Å². The summed E-state index contributed by atoms with van der Waals surface area (Å²) in [7, 11) is 0. The smallest absolute Gasteiger partial charge is 0.239 e. The quantitative estimate of drug-likeness (QED) is 0.105. The first-order valence-corrected chi connectivity index (χ1v) is 10.3. The Morgan fingerprint density at radius 3 is 2.68 bits per heavy atom. The highest BCUT2D eigenvalue weighted by Gasteiger charge is 2.44. The van der Waals surface area contributed by atoms with E-state index in [0.29, 0.717) is 42.1 Å². The van der Waals surface area contributed by atoms with Gasteiger partial charge in [0.15, 0.2) is 11.9 Å². The van der Waals surface area contributed by atoms with Gasteiger partial charge in [0.25, 0.3) is 0 Å². The average molecular weight is 458 g/mol. The standard InChI is InChI=1S/C17H27N7O6S/c18-8(5-25)14(29)19-3-1-2-4-20-17-22-13-10(15(31)23-17)21-7-24(13)16-12(28)11(27)9(6-26)30-16/h7-9,11-12,16,25-28H,1-6,18H2,(H,19,29)(H2,20,22,23,31)/t8?,9-,11?,12+,16-/m1/s1. The van der Waals surface area contributed by atoms with Gasteiger partial charge in [-0.2, -0.15) is 4.98 Å². The molecule has 0 aliphatic carbocycles. The van der Waals surface area contributed by atoms with Crippen molar-refractivity contribution in [3.05, 3.63) is 6.33 Å². The zero-order chi connectivity index (χ0) is 22.5. The number of unbranched alkanes of at least 4 members (excludes halogenated alkanes) is 1. The van der Waals surface area contributed by atoms with Crippen LogP contribution in [0.1, 0.15) is 19.1 Å². The molecule has 3 rings (SSSR count). The van der Waals surface area contributed by atoms with Gasteiger partial charge in [-0.1, -0.05) is 0 Å². The van der Waals surface area contributed by atoms with E-state index < -0.39 is 49.7 Å². The molecule has 2 aromatic rings. The van der Waals surface area contributed by atoms with Gasteiger partial charge in [-0.15, -0.1) is 12.6 Å². The first kappa shape index (κ1) is 23.6. The highest BCUT2D eigenvalue weighted by atomic mass is 32.1. The molecule has 0 spiro atoms. The second-order valence-corrected chi connectivity index (χ2v) is 7.56. The van der Waals surface area contributed by atoms with Crippen molar-refractivity contribution >= 4 is 35.6 Å². The maximum absolute atomic E-state index is 11.5. The number of imidazole rings is 1. The normalized spacial score (nSPS) is 24.5. The molecule has 1 fully saturated rings. The summed E-state index contributed by atoms with van der Waals surface area (Å²) in [6, 6.07) is -0.923. The Labute approximate surface area is 183 Å². The lowest BCUT2D eigenvalue weighted by atomic mass is 10.1. The zero-order valence-corrected chi connectivity index (χ0v) is 17.5. The van der Waals surface area contributed by atoms with Crippen LogP contribution in [0.15, 0.2) is 11.4 Å². The summed E-state index contributed by atoms with van der Waals surface area (Å²) in [4.78, 5) is 24.3. The molecule has 2 aromatic heterocycles. The number of ether oxygens (including phenoxy) is 1. The number of nitrogens with two attached hydrogens (primary N) is 1. The number of carbonyl (C=O) groups excluding carboxylic acids is 1. The Bertz CT molecular complexity index is 899. The fourth-order valence-electron chi connectivity index (χ4n) is 3.15. The minimum absolute atomic E-state index is 0.289. The molecule has 172 valence electrons. The largest absolute Gasteiger partial charge is 0.394 e. The molecule has 1 aliphatic heterocycles. The van der Waals surface area contributed by atoms with Gasteiger partial charge in [0.1, 0.15) is 34.9 Å². The van der Waals surface area contributed by atoms with Crippen molar-refractivity contribution < 1.29 is 30.0 Å². The maximum Gasteiger partial charge on any atom is 0.239 e. The number of fused-ring (bicyclic) bond motifs is 1. The summed E-state index contributed by atoms with van der Waals surface area (Å²) in [5, 5.41) is 44.4. The molecule has 1 saturated heterocycles. The van der Waals surface area contributed by atoms with E-state index in [1.54, 1.807) is 0 Å². The van der Waals surface area contributed by atoms with Gasteiger partial charge in [0.2, 0.25) is 11.9 Å². The molecule has 3 heterocycles. The molecular formula is C17H27N7O6S. The Balaban J connectivity index is 1.60. The molecular weight excluding hydrogens is 430 g/mol. The Kier molecular flexibility index (Phi) is 7.99. The number of anilines is 1. The van der Waals surface area contributed by atoms with Crippen LogP contribution in [0.4, 0.5) is 5.95 Å². The summed E-state index contributed by atoms with van der Waals surface area (Å²) in [6.45, 7) is 0.0956. The first-order valence-electron chi connectivity index (χ1n) is 9.81. The van der Waals surface area contributed by atoms with E-state index in [0.717, 1.165) is 0 Å². The van der Waals surface area contributed by atoms with Crippen LogP contribution in [-0.2, 0) is 9.53 Å². The zero-order valence-electron chi connectivity index (χ0n) is 16.6. The summed E-state index contributed by atoms with van der Waals surface area (Å²) in [5.74, 6) is -0.112. The van der Waals surface area contributed by atoms with Gasteiger partial charge in [0, 0.05) is 13.1 Å². The molecule has 2 unspecified atom stereocenters. The number of hydrogen-bond donors (Lipinski definition) is 8. The van der Waals surface area contributed by atoms with Crippen molar-refractivity contribution in [2.75, 3.05) is 31.6 Å². The van der Waals surface area contributed by atoms with Crippen molar-refractivity contribution in [1.82, 2.24) is 24.8 Å². The maximum atomic E-state index is 11.5. The Morgan fingerprint density at radius 2 is 2.00 bits per heavy atom. The van der Waals surface area contributed by atoms with Gasteiger partial charge >= 0.3 is 0 Å². The first-order chi connectivity index (χ1) is 14.9. The molecule has 31 heavy (non-hydrogen) atoms. The predicted octanol–water partition coefficient (Wildman–Crippen LogP) is -2.65. The van der Waals surface area contributed by atoms with Crippen LogP contribution in [0.3, 0.4) is 0 Å². The number of aromatic nitrogens is 4. The number of aliphatic hydroxyl groups is 4. The van der Waals surface area contributed by atoms with Crippen LogP contribution in [0, 0.1) is 0 Å². The van der Waals surface area contributed by atoms with Gasteiger partial charge < -0.3 is 41.5 Å². The number of hydrogen-bond acceptors (Lipinski definition) is 12. The summed E-state index contributed by atoms with van der Waals surface area (Å²) < 4.78 is 7.01. The highest BCUT2D eigenvalue weighted by Crippen LogP contribution is 2.32. The minimum atomic E-state index is -1.27.